The van der Waals surface area contributed by atoms with Gasteiger partial charge in [-0.05, 0) is 30.7 Å². The van der Waals surface area contributed by atoms with Crippen LogP contribution in [0, 0.1) is 0 Å². The molecule has 3 aromatic rings. The molecule has 8 nitrogen and oxygen atoms in total. The molecule has 3 rings (SSSR count). The first-order valence-electron chi connectivity index (χ1n) is 9.78. The molecule has 29 heavy (non-hydrogen) atoms. The van der Waals surface area contributed by atoms with E-state index in [1.807, 2.05) is 26.2 Å². The van der Waals surface area contributed by atoms with E-state index in [0.29, 0.717) is 35.9 Å². The summed E-state index contributed by atoms with van der Waals surface area (Å²) in [6.07, 6.45) is 1.80. The molecule has 1 aromatic carbocycles. The Morgan fingerprint density at radius 2 is 1.97 bits per heavy atom. The lowest BCUT2D eigenvalue weighted by molar-refractivity contribution is -0.894. The third-order valence-corrected chi connectivity index (χ3v) is 5.16. The second-order valence-corrected chi connectivity index (χ2v) is 7.65. The number of aryl methyl sites for hydroxylation is 2. The maximum absolute atomic E-state index is 12.3. The average Bonchev–Trinajstić information content (AvgIpc) is 2.99. The van der Waals surface area contributed by atoms with Gasteiger partial charge in [-0.25, -0.2) is 9.78 Å². The molecule has 0 aliphatic carbocycles. The fraction of sp³-hybridized carbons (Fsp3) is 0.450. The second-order valence-electron chi connectivity index (χ2n) is 7.21. The van der Waals surface area contributed by atoms with Crippen LogP contribution < -0.4 is 20.9 Å². The van der Waals surface area contributed by atoms with Crippen molar-refractivity contribution in [3.05, 3.63) is 56.0 Å². The third kappa shape index (κ3) is 4.89. The molecule has 0 spiro atoms. The van der Waals surface area contributed by atoms with Crippen molar-refractivity contribution in [2.24, 2.45) is 7.05 Å². The number of ether oxygens (including phenoxy) is 1. The Kier molecular flexibility index (Phi) is 6.76. The van der Waals surface area contributed by atoms with E-state index in [1.54, 1.807) is 21.3 Å². The zero-order valence-electron chi connectivity index (χ0n) is 17.0. The molecule has 156 valence electrons. The Morgan fingerprint density at radius 3 is 2.66 bits per heavy atom. The van der Waals surface area contributed by atoms with E-state index in [4.69, 9.17) is 16.3 Å². The van der Waals surface area contributed by atoms with Crippen molar-refractivity contribution in [3.63, 3.8) is 0 Å². The Morgan fingerprint density at radius 1 is 1.24 bits per heavy atom. The molecule has 2 heterocycles. The number of H-pyrrole nitrogens is 1. The van der Waals surface area contributed by atoms with Crippen molar-refractivity contribution in [1.29, 1.82) is 0 Å². The first kappa shape index (κ1) is 21.1. The van der Waals surface area contributed by atoms with Gasteiger partial charge in [0.25, 0.3) is 5.56 Å². The molecular weight excluding hydrogens is 394 g/mol. The zero-order chi connectivity index (χ0) is 21.0. The number of fused-ring (bicyclic) bond motifs is 1. The van der Waals surface area contributed by atoms with E-state index in [2.05, 4.69) is 16.9 Å². The molecule has 1 unspecified atom stereocenters. The molecule has 0 bridgehead atoms. The number of nitrogens with one attached hydrogen (secondary N) is 2. The molecule has 0 amide bonds. The minimum absolute atomic E-state index is 0.400. The summed E-state index contributed by atoms with van der Waals surface area (Å²) in [6.45, 7) is 4.50. The smallest absolute Gasteiger partial charge is 0.330 e. The molecule has 9 heteroatoms. The van der Waals surface area contributed by atoms with Crippen LogP contribution in [0.2, 0.25) is 5.02 Å². The summed E-state index contributed by atoms with van der Waals surface area (Å²) in [5, 5.41) is 0.675. The summed E-state index contributed by atoms with van der Waals surface area (Å²) in [5.74, 6) is 1.53. The maximum Gasteiger partial charge on any atom is 0.330 e. The highest BCUT2D eigenvalue weighted by Gasteiger charge is 2.18. The predicted octanol–water partition coefficient (Wildman–Crippen LogP) is 0.971. The number of imidazole rings is 1. The van der Waals surface area contributed by atoms with Gasteiger partial charge in [-0.15, -0.1) is 0 Å². The average molecular weight is 421 g/mol. The van der Waals surface area contributed by atoms with Crippen molar-refractivity contribution in [2.75, 3.05) is 20.2 Å². The highest BCUT2D eigenvalue weighted by molar-refractivity contribution is 6.30. The number of rotatable bonds is 9. The summed E-state index contributed by atoms with van der Waals surface area (Å²) in [6, 6.07) is 7.26. The topological polar surface area (TPSA) is 86.3 Å². The van der Waals surface area contributed by atoms with Crippen molar-refractivity contribution in [2.45, 2.75) is 32.9 Å². The standard InChI is InChI=1S/C20H26ClN5O3/c1-4-5-10-26-18-17(19(27)23-20(26)28)25(3)16(22-18)13-24(2)11-12-29-15-8-6-14(21)7-9-15/h6-9H,4-5,10-13H2,1-3H3,(H,23,27,28)/p+1. The molecule has 0 saturated carbocycles. The van der Waals surface area contributed by atoms with E-state index in [-0.39, 0.29) is 0 Å². The molecule has 1 atom stereocenters. The zero-order valence-corrected chi connectivity index (χ0v) is 17.8. The summed E-state index contributed by atoms with van der Waals surface area (Å²) < 4.78 is 9.09. The Balaban J connectivity index is 1.73. The van der Waals surface area contributed by atoms with Crippen molar-refractivity contribution in [3.8, 4) is 5.75 Å². The lowest BCUT2D eigenvalue weighted by atomic mass is 10.3. The SMILES string of the molecule is CCCCn1c(=O)[nH]c(=O)c2c1nc(C[NH+](C)CCOc1ccc(Cl)cc1)n2C. The van der Waals surface area contributed by atoms with E-state index >= 15 is 0 Å². The van der Waals surface area contributed by atoms with Crippen molar-refractivity contribution in [1.82, 2.24) is 19.1 Å². The molecule has 2 N–H and O–H groups in total. The molecule has 0 aliphatic heterocycles. The van der Waals surface area contributed by atoms with Gasteiger partial charge in [-0.1, -0.05) is 24.9 Å². The van der Waals surface area contributed by atoms with Gasteiger partial charge in [0.2, 0.25) is 0 Å². The number of hydrogen-bond acceptors (Lipinski definition) is 4. The largest absolute Gasteiger partial charge is 0.488 e. The number of halogens is 1. The summed E-state index contributed by atoms with van der Waals surface area (Å²) in [7, 11) is 3.85. The van der Waals surface area contributed by atoms with E-state index < -0.39 is 11.2 Å². The number of benzene rings is 1. The Bertz CT molecular complexity index is 1080. The molecule has 0 saturated heterocycles. The van der Waals surface area contributed by atoms with Crippen molar-refractivity contribution < 1.29 is 9.64 Å². The van der Waals surface area contributed by atoms with Gasteiger partial charge in [0.15, 0.2) is 17.0 Å². The molecular formula is C20H27ClN5O3+. The Hall–Kier alpha value is -2.58. The van der Waals surface area contributed by atoms with Crippen LogP contribution in [0.15, 0.2) is 33.9 Å². The first-order chi connectivity index (χ1) is 13.9. The number of quaternary nitrogens is 1. The van der Waals surface area contributed by atoms with Crippen LogP contribution in [0.1, 0.15) is 25.6 Å². The molecule has 0 aliphatic rings. The predicted molar refractivity (Wildman–Crippen MR) is 113 cm³/mol. The minimum Gasteiger partial charge on any atom is -0.488 e. The summed E-state index contributed by atoms with van der Waals surface area (Å²) in [5.41, 5.74) is 0.0798. The highest BCUT2D eigenvalue weighted by Crippen LogP contribution is 2.15. The quantitative estimate of drug-likeness (QED) is 0.540. The fourth-order valence-corrected chi connectivity index (χ4v) is 3.33. The van der Waals surface area contributed by atoms with Crippen LogP contribution in [-0.2, 0) is 20.1 Å². The van der Waals surface area contributed by atoms with Gasteiger partial charge >= 0.3 is 5.69 Å². The first-order valence-corrected chi connectivity index (χ1v) is 10.2. The van der Waals surface area contributed by atoms with Crippen LogP contribution in [0.4, 0.5) is 0 Å². The van der Waals surface area contributed by atoms with E-state index in [9.17, 15) is 9.59 Å². The van der Waals surface area contributed by atoms with E-state index in [0.717, 1.165) is 31.0 Å². The van der Waals surface area contributed by atoms with Gasteiger partial charge in [0, 0.05) is 18.6 Å². The van der Waals surface area contributed by atoms with Crippen LogP contribution >= 0.6 is 11.6 Å². The summed E-state index contributed by atoms with van der Waals surface area (Å²) in [4.78, 5) is 32.8. The van der Waals surface area contributed by atoms with E-state index in [1.165, 1.54) is 4.90 Å². The third-order valence-electron chi connectivity index (χ3n) is 4.91. The molecule has 0 radical (unpaired) electrons. The van der Waals surface area contributed by atoms with Crippen LogP contribution in [0.5, 0.6) is 5.75 Å². The van der Waals surface area contributed by atoms with Crippen LogP contribution in [-0.4, -0.2) is 39.3 Å². The number of likely N-dealkylation sites (N-methyl/N-ethyl adjacent to an activating group) is 1. The van der Waals surface area contributed by atoms with Gasteiger partial charge in [-0.3, -0.25) is 14.3 Å². The number of aromatic amines is 1. The fourth-order valence-electron chi connectivity index (χ4n) is 3.21. The Labute approximate surface area is 173 Å². The number of nitrogens with zero attached hydrogens (tertiary/aromatic N) is 3. The van der Waals surface area contributed by atoms with Gasteiger partial charge in [0.05, 0.1) is 7.05 Å². The maximum atomic E-state index is 12.3. The van der Waals surface area contributed by atoms with Crippen molar-refractivity contribution >= 4 is 22.8 Å². The second kappa shape index (κ2) is 9.28. The monoisotopic (exact) mass is 420 g/mol. The highest BCUT2D eigenvalue weighted by atomic mass is 35.5. The molecule has 0 fully saturated rings. The van der Waals surface area contributed by atoms with Crippen LogP contribution in [0.25, 0.3) is 11.2 Å². The minimum atomic E-state index is -0.405. The van der Waals surface area contributed by atoms with Gasteiger partial charge in [0.1, 0.15) is 25.4 Å². The number of aromatic nitrogens is 4. The summed E-state index contributed by atoms with van der Waals surface area (Å²) >= 11 is 5.88. The number of unbranched alkanes of at least 4 members (excludes halogenated alkanes) is 1. The lowest BCUT2D eigenvalue weighted by Crippen LogP contribution is -3.08. The van der Waals surface area contributed by atoms with Gasteiger partial charge in [-0.2, -0.15) is 0 Å². The molecule has 2 aromatic heterocycles. The normalized spacial score (nSPS) is 12.4. The lowest BCUT2D eigenvalue weighted by Gasteiger charge is -2.14. The number of hydrogen-bond donors (Lipinski definition) is 2. The van der Waals surface area contributed by atoms with Crippen LogP contribution in [0.3, 0.4) is 0 Å². The van der Waals surface area contributed by atoms with Gasteiger partial charge < -0.3 is 14.2 Å².